The van der Waals surface area contributed by atoms with E-state index >= 15 is 0 Å². The zero-order valence-corrected chi connectivity index (χ0v) is 16.0. The van der Waals surface area contributed by atoms with Crippen molar-refractivity contribution in [2.24, 2.45) is 0 Å². The van der Waals surface area contributed by atoms with Gasteiger partial charge in [0.2, 0.25) is 0 Å². The third-order valence-electron chi connectivity index (χ3n) is 2.37. The fraction of sp³-hybridized carbons (Fsp3) is 0.143. The van der Waals surface area contributed by atoms with Crippen molar-refractivity contribution in [3.8, 4) is 0 Å². The van der Waals surface area contributed by atoms with E-state index in [1.165, 1.54) is 11.1 Å². The van der Waals surface area contributed by atoms with Gasteiger partial charge in [0.25, 0.3) is 0 Å². The van der Waals surface area contributed by atoms with Crippen LogP contribution >= 0.6 is 25.3 Å². The molecule has 0 aliphatic carbocycles. The Labute approximate surface area is 138 Å². The van der Waals surface area contributed by atoms with Crippen molar-refractivity contribution in [2.75, 3.05) is 11.5 Å². The van der Waals surface area contributed by atoms with Gasteiger partial charge >= 0.3 is 0 Å². The van der Waals surface area contributed by atoms with Gasteiger partial charge in [-0.05, 0) is 49.2 Å². The van der Waals surface area contributed by atoms with Gasteiger partial charge in [0.05, 0.1) is 0 Å². The first-order valence-electron chi connectivity index (χ1n) is 5.50. The van der Waals surface area contributed by atoms with E-state index in [9.17, 15) is 0 Å². The smallest absolute Gasteiger partial charge is 0.0452 e. The van der Waals surface area contributed by atoms with E-state index in [-0.39, 0.29) is 19.5 Å². The van der Waals surface area contributed by atoms with Gasteiger partial charge in [-0.2, -0.15) is 0 Å². The van der Waals surface area contributed by atoms with Gasteiger partial charge in [-0.15, -0.1) is 25.3 Å². The topological polar surface area (TPSA) is 52.0 Å². The quantitative estimate of drug-likeness (QED) is 0.335. The number of anilines is 2. The molecule has 0 fully saturated rings. The number of hydrogen-bond donors (Lipinski definition) is 4. The standard InChI is InChI=1S/2C7H9NS.Zn/c2*1-5-2-3-7(9)6(8)4-5;/h2*2-4,9H,8H2,1H3;. The summed E-state index contributed by atoms with van der Waals surface area (Å²) < 4.78 is 0. The van der Waals surface area contributed by atoms with Gasteiger partial charge in [-0.1, -0.05) is 12.1 Å². The van der Waals surface area contributed by atoms with Gasteiger partial charge in [-0.3, -0.25) is 0 Å². The molecule has 0 unspecified atom stereocenters. The van der Waals surface area contributed by atoms with Crippen molar-refractivity contribution in [1.29, 1.82) is 0 Å². The summed E-state index contributed by atoms with van der Waals surface area (Å²) in [4.78, 5) is 1.70. The molecule has 0 aliphatic rings. The molecule has 19 heavy (non-hydrogen) atoms. The average molecular weight is 344 g/mol. The third kappa shape index (κ3) is 6.37. The van der Waals surface area contributed by atoms with Crippen LogP contribution in [-0.4, -0.2) is 0 Å². The van der Waals surface area contributed by atoms with Gasteiger partial charge in [0.15, 0.2) is 0 Å². The SMILES string of the molecule is Cc1ccc(S)c(N)c1.Cc1ccc(S)c(N)c1.[Zn]. The van der Waals surface area contributed by atoms with Gasteiger partial charge < -0.3 is 11.5 Å². The maximum absolute atomic E-state index is 5.54. The second kappa shape index (κ2) is 8.52. The molecule has 98 valence electrons. The summed E-state index contributed by atoms with van der Waals surface area (Å²) >= 11 is 8.24. The van der Waals surface area contributed by atoms with E-state index in [0.29, 0.717) is 0 Å². The van der Waals surface area contributed by atoms with Crippen molar-refractivity contribution >= 4 is 36.6 Å². The Hall–Kier alpha value is -0.637. The normalized spacial score (nSPS) is 9.05. The van der Waals surface area contributed by atoms with Crippen molar-refractivity contribution in [3.63, 3.8) is 0 Å². The summed E-state index contributed by atoms with van der Waals surface area (Å²) in [6.45, 7) is 4.01. The van der Waals surface area contributed by atoms with E-state index in [4.69, 9.17) is 11.5 Å². The largest absolute Gasteiger partial charge is 0.398 e. The minimum absolute atomic E-state index is 0. The number of aryl methyl sites for hydroxylation is 2. The van der Waals surface area contributed by atoms with Crippen LogP contribution in [0.3, 0.4) is 0 Å². The maximum Gasteiger partial charge on any atom is 0.0452 e. The number of nitrogens with two attached hydrogens (primary N) is 2. The Bertz CT molecular complexity index is 495. The van der Waals surface area contributed by atoms with Crippen LogP contribution in [0.5, 0.6) is 0 Å². The van der Waals surface area contributed by atoms with Crippen molar-refractivity contribution < 1.29 is 19.5 Å². The Kier molecular flexibility index (Phi) is 8.23. The Morgan fingerprint density at radius 3 is 1.26 bits per heavy atom. The molecule has 2 aromatic rings. The molecule has 2 nitrogen and oxygen atoms in total. The van der Waals surface area contributed by atoms with Crippen LogP contribution in [0.15, 0.2) is 46.2 Å². The van der Waals surface area contributed by atoms with Crippen molar-refractivity contribution in [1.82, 2.24) is 0 Å². The average Bonchev–Trinajstić information content (AvgIpc) is 2.30. The molecule has 0 bridgehead atoms. The maximum atomic E-state index is 5.54. The molecule has 4 N–H and O–H groups in total. The van der Waals surface area contributed by atoms with Crippen LogP contribution in [-0.2, 0) is 19.5 Å². The van der Waals surface area contributed by atoms with E-state index in [2.05, 4.69) is 25.3 Å². The molecule has 0 aliphatic heterocycles. The molecular weight excluding hydrogens is 326 g/mol. The molecule has 0 amide bonds. The van der Waals surface area contributed by atoms with Crippen LogP contribution in [0.2, 0.25) is 0 Å². The van der Waals surface area contributed by atoms with Gasteiger partial charge in [-0.25, -0.2) is 0 Å². The molecule has 0 saturated heterocycles. The Morgan fingerprint density at radius 2 is 1.05 bits per heavy atom. The predicted molar refractivity (Wildman–Crippen MR) is 85.7 cm³/mol. The summed E-state index contributed by atoms with van der Waals surface area (Å²) in [6, 6.07) is 11.6. The second-order valence-corrected chi connectivity index (χ2v) is 5.09. The monoisotopic (exact) mass is 342 g/mol. The summed E-state index contributed by atoms with van der Waals surface area (Å²) in [5.74, 6) is 0. The van der Waals surface area contributed by atoms with Crippen molar-refractivity contribution in [2.45, 2.75) is 23.6 Å². The van der Waals surface area contributed by atoms with Gasteiger partial charge in [0, 0.05) is 40.6 Å². The van der Waals surface area contributed by atoms with Crippen molar-refractivity contribution in [3.05, 3.63) is 47.5 Å². The molecule has 0 saturated carbocycles. The third-order valence-corrected chi connectivity index (χ3v) is 3.18. The van der Waals surface area contributed by atoms with E-state index in [1.807, 2.05) is 50.2 Å². The summed E-state index contributed by atoms with van der Waals surface area (Å²) in [5, 5.41) is 0. The fourth-order valence-electron chi connectivity index (χ4n) is 1.35. The molecule has 0 heterocycles. The van der Waals surface area contributed by atoms with Crippen LogP contribution < -0.4 is 11.5 Å². The summed E-state index contributed by atoms with van der Waals surface area (Å²) in [5.41, 5.74) is 14.9. The van der Waals surface area contributed by atoms with E-state index < -0.39 is 0 Å². The predicted octanol–water partition coefficient (Wildman–Crippen LogP) is 3.73. The van der Waals surface area contributed by atoms with Crippen LogP contribution in [0, 0.1) is 13.8 Å². The molecule has 0 atom stereocenters. The number of benzene rings is 2. The first-order valence-corrected chi connectivity index (χ1v) is 6.40. The first-order chi connectivity index (χ1) is 8.40. The summed E-state index contributed by atoms with van der Waals surface area (Å²) in [7, 11) is 0. The second-order valence-electron chi connectivity index (χ2n) is 4.12. The van der Waals surface area contributed by atoms with Crippen LogP contribution in [0.1, 0.15) is 11.1 Å². The molecule has 2 aromatic carbocycles. The number of thiol groups is 2. The molecule has 2 rings (SSSR count). The number of hydrogen-bond acceptors (Lipinski definition) is 4. The van der Waals surface area contributed by atoms with E-state index in [1.54, 1.807) is 0 Å². The van der Waals surface area contributed by atoms with Gasteiger partial charge in [0.1, 0.15) is 0 Å². The van der Waals surface area contributed by atoms with Crippen LogP contribution in [0.25, 0.3) is 0 Å². The number of nitrogen functional groups attached to an aromatic ring is 2. The molecule has 0 radical (unpaired) electrons. The van der Waals surface area contributed by atoms with E-state index in [0.717, 1.165) is 21.2 Å². The number of rotatable bonds is 0. The molecular formula is C14H18N2S2Zn. The fourth-order valence-corrected chi connectivity index (χ4v) is 1.63. The molecule has 5 heteroatoms. The Balaban J connectivity index is 0.000000324. The Morgan fingerprint density at radius 1 is 0.737 bits per heavy atom. The molecule has 0 aromatic heterocycles. The first kappa shape index (κ1) is 18.4. The zero-order chi connectivity index (χ0) is 13.7. The molecule has 0 spiro atoms. The van der Waals surface area contributed by atoms with Crippen LogP contribution in [0.4, 0.5) is 11.4 Å². The zero-order valence-electron chi connectivity index (χ0n) is 11.2. The summed E-state index contributed by atoms with van der Waals surface area (Å²) in [6.07, 6.45) is 0. The minimum Gasteiger partial charge on any atom is -0.398 e. The minimum atomic E-state index is 0.